The van der Waals surface area contributed by atoms with Gasteiger partial charge in [0.05, 0.1) is 4.90 Å². The van der Waals surface area contributed by atoms with Crippen LogP contribution in [0.1, 0.15) is 5.56 Å². The molecule has 0 atom stereocenters. The Hall–Kier alpha value is -1.58. The Labute approximate surface area is 136 Å². The Bertz CT molecular complexity index is 748. The number of pyridine rings is 1. The summed E-state index contributed by atoms with van der Waals surface area (Å²) in [5.74, 6) is 0. The topological polar surface area (TPSA) is 50.3 Å². The lowest BCUT2D eigenvalue weighted by Crippen LogP contribution is -2.26. The SMILES string of the molecule is CN(Cc1cccnc1)S(=O)(=O)c1ccc(SC(F)(F)F)cc1. The second-order valence-corrected chi connectivity index (χ2v) is 7.82. The number of thioether (sulfide) groups is 1. The molecule has 23 heavy (non-hydrogen) atoms. The molecule has 2 rings (SSSR count). The third-order valence-corrected chi connectivity index (χ3v) is 5.45. The molecule has 0 aliphatic carbocycles. The van der Waals surface area contributed by atoms with E-state index in [1.54, 1.807) is 24.5 Å². The van der Waals surface area contributed by atoms with Crippen molar-refractivity contribution in [1.82, 2.24) is 9.29 Å². The molecule has 0 N–H and O–H groups in total. The van der Waals surface area contributed by atoms with Gasteiger partial charge in [-0.25, -0.2) is 8.42 Å². The van der Waals surface area contributed by atoms with E-state index in [0.29, 0.717) is 5.56 Å². The van der Waals surface area contributed by atoms with Crippen molar-refractivity contribution in [1.29, 1.82) is 0 Å². The first kappa shape index (κ1) is 17.8. The predicted molar refractivity (Wildman–Crippen MR) is 81.2 cm³/mol. The largest absolute Gasteiger partial charge is 0.446 e. The van der Waals surface area contributed by atoms with Gasteiger partial charge in [-0.05, 0) is 47.7 Å². The standard InChI is InChI=1S/C14H13F3N2O2S2/c1-19(10-11-3-2-8-18-9-11)23(20,21)13-6-4-12(5-7-13)22-14(15,16)17/h2-9H,10H2,1H3. The second kappa shape index (κ2) is 6.90. The summed E-state index contributed by atoms with van der Waals surface area (Å²) in [6.45, 7) is 0.120. The van der Waals surface area contributed by atoms with Crippen molar-refractivity contribution >= 4 is 21.8 Å². The van der Waals surface area contributed by atoms with Crippen LogP contribution in [0.2, 0.25) is 0 Å². The summed E-state index contributed by atoms with van der Waals surface area (Å²) in [4.78, 5) is 3.78. The van der Waals surface area contributed by atoms with E-state index in [-0.39, 0.29) is 28.1 Å². The number of hydrogen-bond acceptors (Lipinski definition) is 4. The smallest absolute Gasteiger partial charge is 0.264 e. The van der Waals surface area contributed by atoms with Gasteiger partial charge in [0.25, 0.3) is 0 Å². The molecular weight excluding hydrogens is 349 g/mol. The molecule has 4 nitrogen and oxygen atoms in total. The number of hydrogen-bond donors (Lipinski definition) is 0. The van der Waals surface area contributed by atoms with Crippen molar-refractivity contribution in [3.8, 4) is 0 Å². The third kappa shape index (κ3) is 4.95. The molecule has 0 radical (unpaired) electrons. The Balaban J connectivity index is 2.15. The van der Waals surface area contributed by atoms with Gasteiger partial charge in [-0.2, -0.15) is 17.5 Å². The molecule has 0 bridgehead atoms. The van der Waals surface area contributed by atoms with Gasteiger partial charge in [0.15, 0.2) is 0 Å². The number of halogens is 3. The summed E-state index contributed by atoms with van der Waals surface area (Å²) in [5.41, 5.74) is -3.69. The highest BCUT2D eigenvalue weighted by Gasteiger charge is 2.29. The Morgan fingerprint density at radius 2 is 1.83 bits per heavy atom. The van der Waals surface area contributed by atoms with Crippen molar-refractivity contribution in [3.05, 3.63) is 54.4 Å². The zero-order valence-electron chi connectivity index (χ0n) is 12.0. The van der Waals surface area contributed by atoms with Crippen LogP contribution in [0.3, 0.4) is 0 Å². The normalized spacial score (nSPS) is 12.6. The van der Waals surface area contributed by atoms with Gasteiger partial charge in [-0.3, -0.25) is 4.98 Å². The molecule has 0 spiro atoms. The van der Waals surface area contributed by atoms with Crippen LogP contribution in [-0.2, 0) is 16.6 Å². The van der Waals surface area contributed by atoms with Crippen LogP contribution in [0.4, 0.5) is 13.2 Å². The van der Waals surface area contributed by atoms with Gasteiger partial charge in [0.1, 0.15) is 0 Å². The van der Waals surface area contributed by atoms with E-state index in [0.717, 1.165) is 16.4 Å². The lowest BCUT2D eigenvalue weighted by Gasteiger charge is -2.17. The molecule has 9 heteroatoms. The highest BCUT2D eigenvalue weighted by Crippen LogP contribution is 2.37. The summed E-state index contributed by atoms with van der Waals surface area (Å²) in [5, 5.41) is 0. The van der Waals surface area contributed by atoms with E-state index in [2.05, 4.69) is 4.98 Å². The highest BCUT2D eigenvalue weighted by atomic mass is 32.2. The summed E-state index contributed by atoms with van der Waals surface area (Å²) in [6, 6.07) is 8.05. The summed E-state index contributed by atoms with van der Waals surface area (Å²) in [7, 11) is -2.38. The lowest BCUT2D eigenvalue weighted by molar-refractivity contribution is -0.0328. The predicted octanol–water partition coefficient (Wildman–Crippen LogP) is 3.51. The van der Waals surface area contributed by atoms with Gasteiger partial charge < -0.3 is 0 Å². The molecule has 0 aliphatic rings. The number of sulfonamides is 1. The minimum Gasteiger partial charge on any atom is -0.264 e. The zero-order chi connectivity index (χ0) is 17.1. The second-order valence-electron chi connectivity index (χ2n) is 4.64. The Morgan fingerprint density at radius 3 is 2.35 bits per heavy atom. The molecule has 124 valence electrons. The number of aromatic nitrogens is 1. The fourth-order valence-electron chi connectivity index (χ4n) is 1.83. The number of benzene rings is 1. The van der Waals surface area contributed by atoms with E-state index in [1.807, 2.05) is 0 Å². The van der Waals surface area contributed by atoms with Crippen LogP contribution < -0.4 is 0 Å². The first-order valence-electron chi connectivity index (χ1n) is 6.39. The van der Waals surface area contributed by atoms with E-state index in [9.17, 15) is 21.6 Å². The van der Waals surface area contributed by atoms with Crippen LogP contribution in [0.5, 0.6) is 0 Å². The van der Waals surface area contributed by atoms with Crippen molar-refractivity contribution in [3.63, 3.8) is 0 Å². The average molecular weight is 362 g/mol. The van der Waals surface area contributed by atoms with Crippen molar-refractivity contribution in [2.24, 2.45) is 0 Å². The maximum Gasteiger partial charge on any atom is 0.446 e. The molecule has 0 amide bonds. The van der Waals surface area contributed by atoms with Gasteiger partial charge in [0, 0.05) is 30.9 Å². The Kier molecular flexibility index (Phi) is 5.33. The van der Waals surface area contributed by atoms with Gasteiger partial charge in [-0.1, -0.05) is 6.07 Å². The first-order chi connectivity index (χ1) is 10.7. The van der Waals surface area contributed by atoms with Crippen LogP contribution in [0.25, 0.3) is 0 Å². The quantitative estimate of drug-likeness (QED) is 0.764. The average Bonchev–Trinajstić information content (AvgIpc) is 2.47. The zero-order valence-corrected chi connectivity index (χ0v) is 13.6. The molecule has 1 heterocycles. The van der Waals surface area contributed by atoms with E-state index >= 15 is 0 Å². The van der Waals surface area contributed by atoms with Crippen LogP contribution in [0, 0.1) is 0 Å². The number of rotatable bonds is 5. The van der Waals surface area contributed by atoms with Crippen molar-refractivity contribution < 1.29 is 21.6 Å². The first-order valence-corrected chi connectivity index (χ1v) is 8.65. The molecule has 0 fully saturated rings. The minimum absolute atomic E-state index is 0.0598. The lowest BCUT2D eigenvalue weighted by atomic mass is 10.3. The highest BCUT2D eigenvalue weighted by molar-refractivity contribution is 8.00. The molecule has 0 saturated heterocycles. The van der Waals surface area contributed by atoms with E-state index in [4.69, 9.17) is 0 Å². The number of alkyl halides is 3. The molecular formula is C14H13F3N2O2S2. The van der Waals surface area contributed by atoms with E-state index in [1.165, 1.54) is 19.2 Å². The summed E-state index contributed by atoms with van der Waals surface area (Å²) in [6.07, 6.45) is 3.13. The maximum absolute atomic E-state index is 12.4. The molecule has 1 aromatic carbocycles. The molecule has 2 aromatic rings. The fraction of sp³-hybridized carbons (Fsp3) is 0.214. The van der Waals surface area contributed by atoms with Gasteiger partial charge in [0.2, 0.25) is 10.0 Å². The molecule has 0 aliphatic heterocycles. The monoisotopic (exact) mass is 362 g/mol. The minimum atomic E-state index is -4.41. The third-order valence-electron chi connectivity index (χ3n) is 2.89. The number of nitrogens with zero attached hydrogens (tertiary/aromatic N) is 2. The van der Waals surface area contributed by atoms with Gasteiger partial charge in [-0.15, -0.1) is 0 Å². The van der Waals surface area contributed by atoms with E-state index < -0.39 is 15.5 Å². The summed E-state index contributed by atoms with van der Waals surface area (Å²) < 4.78 is 62.8. The van der Waals surface area contributed by atoms with Crippen molar-refractivity contribution in [2.45, 2.75) is 21.8 Å². The van der Waals surface area contributed by atoms with Crippen LogP contribution in [-0.4, -0.2) is 30.3 Å². The Morgan fingerprint density at radius 1 is 1.17 bits per heavy atom. The van der Waals surface area contributed by atoms with Crippen LogP contribution >= 0.6 is 11.8 Å². The van der Waals surface area contributed by atoms with Gasteiger partial charge >= 0.3 is 5.51 Å². The molecule has 0 saturated carbocycles. The van der Waals surface area contributed by atoms with Crippen molar-refractivity contribution in [2.75, 3.05) is 7.05 Å². The molecule has 1 aromatic heterocycles. The molecule has 0 unspecified atom stereocenters. The summed E-state index contributed by atoms with van der Waals surface area (Å²) >= 11 is -0.286. The maximum atomic E-state index is 12.4. The van der Waals surface area contributed by atoms with Crippen LogP contribution in [0.15, 0.2) is 58.6 Å². The fourth-order valence-corrected chi connectivity index (χ4v) is 3.53.